The second-order valence-corrected chi connectivity index (χ2v) is 7.97. The fraction of sp³-hybridized carbons (Fsp3) is 0.240. The van der Waals surface area contributed by atoms with Gasteiger partial charge in [-0.1, -0.05) is 48.5 Å². The first-order chi connectivity index (χ1) is 13.8. The number of anilines is 2. The minimum atomic E-state index is -0.613. The van der Waals surface area contributed by atoms with E-state index in [1.165, 1.54) is 11.6 Å². The van der Waals surface area contributed by atoms with Crippen molar-refractivity contribution in [2.24, 2.45) is 0 Å². The van der Waals surface area contributed by atoms with Crippen LogP contribution in [-0.2, 0) is 17.6 Å². The molecule has 3 nitrogen and oxygen atoms in total. The first kappa shape index (κ1) is 20.6. The number of nitrogens with one attached hydrogen (secondary N) is 1. The Hall–Kier alpha value is -3.14. The van der Waals surface area contributed by atoms with Crippen molar-refractivity contribution >= 4 is 17.3 Å². The van der Waals surface area contributed by atoms with Crippen molar-refractivity contribution in [3.63, 3.8) is 0 Å². The minimum absolute atomic E-state index is 0.317. The van der Waals surface area contributed by atoms with Crippen molar-refractivity contribution in [2.75, 3.05) is 5.32 Å². The molecule has 1 N–H and O–H groups in total. The van der Waals surface area contributed by atoms with Crippen LogP contribution < -0.4 is 5.32 Å². The molecule has 0 spiro atoms. The highest BCUT2D eigenvalue weighted by Gasteiger charge is 2.21. The number of ether oxygens (including phenoxy) is 1. The number of esters is 1. The molecule has 0 aromatic heterocycles. The molecule has 0 saturated heterocycles. The standard InChI is InChI=1S/C25H26FNO2/c1-25(2,3)29-24(28)20-16-15-19(14-13-18-9-5-4-6-10-18)17-23(20)27-22-12-8-7-11-21(22)26/h4-12,15-17,27H,13-14H2,1-3H3. The van der Waals surface area contributed by atoms with Crippen LogP contribution >= 0.6 is 0 Å². The Balaban J connectivity index is 1.89. The molecule has 0 amide bonds. The number of carbonyl (C=O) groups excluding carboxylic acids is 1. The molecule has 3 rings (SSSR count). The van der Waals surface area contributed by atoms with Crippen molar-refractivity contribution in [2.45, 2.75) is 39.2 Å². The summed E-state index contributed by atoms with van der Waals surface area (Å²) in [5, 5.41) is 3.07. The highest BCUT2D eigenvalue weighted by atomic mass is 19.1. The molecule has 0 atom stereocenters. The third-order valence-electron chi connectivity index (χ3n) is 4.39. The summed E-state index contributed by atoms with van der Waals surface area (Å²) in [5.41, 5.74) is 2.92. The zero-order valence-corrected chi connectivity index (χ0v) is 17.0. The number of rotatable bonds is 6. The summed E-state index contributed by atoms with van der Waals surface area (Å²) >= 11 is 0. The highest BCUT2D eigenvalue weighted by molar-refractivity contribution is 5.97. The minimum Gasteiger partial charge on any atom is -0.456 e. The molecule has 29 heavy (non-hydrogen) atoms. The van der Waals surface area contributed by atoms with E-state index in [4.69, 9.17) is 4.74 Å². The molecule has 0 aliphatic carbocycles. The van der Waals surface area contributed by atoms with Gasteiger partial charge in [0.05, 0.1) is 16.9 Å². The molecular weight excluding hydrogens is 365 g/mol. The van der Waals surface area contributed by atoms with Gasteiger partial charge in [0.1, 0.15) is 11.4 Å². The van der Waals surface area contributed by atoms with Crippen LogP contribution in [0.4, 0.5) is 15.8 Å². The molecule has 0 fully saturated rings. The van der Waals surface area contributed by atoms with Crippen molar-refractivity contribution < 1.29 is 13.9 Å². The lowest BCUT2D eigenvalue weighted by Crippen LogP contribution is -2.24. The number of hydrogen-bond donors (Lipinski definition) is 1. The highest BCUT2D eigenvalue weighted by Crippen LogP contribution is 2.27. The molecule has 4 heteroatoms. The van der Waals surface area contributed by atoms with Crippen molar-refractivity contribution in [1.82, 2.24) is 0 Å². The van der Waals surface area contributed by atoms with Gasteiger partial charge in [-0.3, -0.25) is 0 Å². The number of para-hydroxylation sites is 1. The van der Waals surface area contributed by atoms with Crippen LogP contribution in [-0.4, -0.2) is 11.6 Å². The Morgan fingerprint density at radius 3 is 2.21 bits per heavy atom. The van der Waals surface area contributed by atoms with Crippen molar-refractivity contribution in [1.29, 1.82) is 0 Å². The van der Waals surface area contributed by atoms with Crippen LogP contribution in [0, 0.1) is 5.82 Å². The van der Waals surface area contributed by atoms with E-state index >= 15 is 0 Å². The summed E-state index contributed by atoms with van der Waals surface area (Å²) in [6.07, 6.45) is 1.69. The Kier molecular flexibility index (Phi) is 6.32. The molecular formula is C25H26FNO2. The maximum Gasteiger partial charge on any atom is 0.340 e. The second-order valence-electron chi connectivity index (χ2n) is 7.97. The number of aryl methyl sites for hydroxylation is 2. The van der Waals surface area contributed by atoms with Gasteiger partial charge in [-0.15, -0.1) is 0 Å². The molecule has 0 radical (unpaired) electrons. The molecule has 3 aromatic rings. The van der Waals surface area contributed by atoms with E-state index in [0.29, 0.717) is 16.9 Å². The summed E-state index contributed by atoms with van der Waals surface area (Å²) in [6.45, 7) is 5.47. The van der Waals surface area contributed by atoms with Crippen molar-refractivity contribution in [3.05, 3.63) is 95.3 Å². The third-order valence-corrected chi connectivity index (χ3v) is 4.39. The van der Waals surface area contributed by atoms with Gasteiger partial charge in [0.15, 0.2) is 0 Å². The fourth-order valence-corrected chi connectivity index (χ4v) is 3.00. The van der Waals surface area contributed by atoms with Crippen LogP contribution in [0.2, 0.25) is 0 Å². The van der Waals surface area contributed by atoms with Gasteiger partial charge < -0.3 is 10.1 Å². The van der Waals surface area contributed by atoms with Crippen molar-refractivity contribution in [3.8, 4) is 0 Å². The lowest BCUT2D eigenvalue weighted by molar-refractivity contribution is 0.00707. The predicted octanol–water partition coefficient (Wildman–Crippen LogP) is 6.31. The summed E-state index contributed by atoms with van der Waals surface area (Å²) < 4.78 is 19.7. The topological polar surface area (TPSA) is 38.3 Å². The number of hydrogen-bond acceptors (Lipinski definition) is 3. The van der Waals surface area contributed by atoms with Crippen LogP contribution in [0.1, 0.15) is 42.3 Å². The zero-order valence-electron chi connectivity index (χ0n) is 17.0. The summed E-state index contributed by atoms with van der Waals surface area (Å²) in [5.74, 6) is -0.816. The first-order valence-corrected chi connectivity index (χ1v) is 9.73. The monoisotopic (exact) mass is 391 g/mol. The van der Waals surface area contributed by atoms with E-state index in [2.05, 4.69) is 17.4 Å². The Morgan fingerprint density at radius 2 is 1.52 bits per heavy atom. The van der Waals surface area contributed by atoms with Gasteiger partial charge in [-0.25, -0.2) is 9.18 Å². The van der Waals surface area contributed by atoms with E-state index in [1.54, 1.807) is 24.3 Å². The van der Waals surface area contributed by atoms with Gasteiger partial charge >= 0.3 is 5.97 Å². The van der Waals surface area contributed by atoms with Crippen LogP contribution in [0.5, 0.6) is 0 Å². The first-order valence-electron chi connectivity index (χ1n) is 9.73. The average molecular weight is 391 g/mol. The molecule has 0 saturated carbocycles. The van der Waals surface area contributed by atoms with E-state index in [-0.39, 0.29) is 5.82 Å². The number of carbonyl (C=O) groups is 1. The molecule has 0 bridgehead atoms. The Bertz CT molecular complexity index is 978. The van der Waals surface area contributed by atoms with E-state index in [0.717, 1.165) is 18.4 Å². The lowest BCUT2D eigenvalue weighted by atomic mass is 10.0. The molecule has 0 aliphatic heterocycles. The Morgan fingerprint density at radius 1 is 0.862 bits per heavy atom. The maximum atomic E-state index is 14.2. The van der Waals surface area contributed by atoms with Gasteiger partial charge in [0, 0.05) is 0 Å². The van der Waals surface area contributed by atoms with Gasteiger partial charge in [-0.2, -0.15) is 0 Å². The van der Waals surface area contributed by atoms with E-state index in [9.17, 15) is 9.18 Å². The number of halogens is 1. The van der Waals surface area contributed by atoms with Gasteiger partial charge in [-0.05, 0) is 69.0 Å². The molecule has 0 heterocycles. The van der Waals surface area contributed by atoms with E-state index < -0.39 is 11.6 Å². The molecule has 0 unspecified atom stereocenters. The largest absolute Gasteiger partial charge is 0.456 e. The van der Waals surface area contributed by atoms with Crippen LogP contribution in [0.3, 0.4) is 0 Å². The predicted molar refractivity (Wildman–Crippen MR) is 115 cm³/mol. The summed E-state index contributed by atoms with van der Waals surface area (Å²) in [7, 11) is 0. The molecule has 0 aliphatic rings. The zero-order chi connectivity index (χ0) is 20.9. The van der Waals surface area contributed by atoms with Crippen LogP contribution in [0.25, 0.3) is 0 Å². The van der Waals surface area contributed by atoms with Gasteiger partial charge in [0.25, 0.3) is 0 Å². The fourth-order valence-electron chi connectivity index (χ4n) is 3.00. The Labute approximate surface area is 171 Å². The second kappa shape index (κ2) is 8.91. The third kappa shape index (κ3) is 5.92. The molecule has 150 valence electrons. The van der Waals surface area contributed by atoms with E-state index in [1.807, 2.05) is 51.1 Å². The smallest absolute Gasteiger partial charge is 0.340 e. The average Bonchev–Trinajstić information content (AvgIpc) is 2.68. The summed E-state index contributed by atoms with van der Waals surface area (Å²) in [4.78, 5) is 12.7. The quantitative estimate of drug-likeness (QED) is 0.500. The van der Waals surface area contributed by atoms with Gasteiger partial charge in [0.2, 0.25) is 0 Å². The number of benzene rings is 3. The lowest BCUT2D eigenvalue weighted by Gasteiger charge is -2.21. The SMILES string of the molecule is CC(C)(C)OC(=O)c1ccc(CCc2ccccc2)cc1Nc1ccccc1F. The summed E-state index contributed by atoms with van der Waals surface area (Å²) in [6, 6.07) is 22.2. The van der Waals surface area contributed by atoms with Crippen LogP contribution in [0.15, 0.2) is 72.8 Å². The normalized spacial score (nSPS) is 11.2. The maximum absolute atomic E-state index is 14.2. The molecule has 3 aromatic carbocycles.